The Hall–Kier alpha value is -3.12. The van der Waals surface area contributed by atoms with E-state index in [1.807, 2.05) is 12.1 Å². The van der Waals surface area contributed by atoms with Crippen molar-refractivity contribution < 1.29 is 19.4 Å². The van der Waals surface area contributed by atoms with Crippen molar-refractivity contribution in [3.8, 4) is 16.9 Å². The van der Waals surface area contributed by atoms with E-state index < -0.39 is 5.97 Å². The Labute approximate surface area is 205 Å². The van der Waals surface area contributed by atoms with Crippen LogP contribution in [0.5, 0.6) is 5.75 Å². The molecule has 0 fully saturated rings. The van der Waals surface area contributed by atoms with Crippen molar-refractivity contribution in [2.24, 2.45) is 0 Å². The zero-order chi connectivity index (χ0) is 24.7. The van der Waals surface area contributed by atoms with Gasteiger partial charge in [-0.2, -0.15) is 0 Å². The Morgan fingerprint density at radius 3 is 2.41 bits per heavy atom. The van der Waals surface area contributed by atoms with Gasteiger partial charge in [-0.25, -0.2) is 0 Å². The Balaban J connectivity index is 1.48. The van der Waals surface area contributed by atoms with Crippen molar-refractivity contribution in [1.29, 1.82) is 0 Å². The molecule has 1 aromatic heterocycles. The van der Waals surface area contributed by atoms with E-state index in [4.69, 9.17) is 9.84 Å². The van der Waals surface area contributed by atoms with Gasteiger partial charge in [0.15, 0.2) is 0 Å². The zero-order valence-electron chi connectivity index (χ0n) is 20.3. The van der Waals surface area contributed by atoms with Crippen LogP contribution in [0.4, 0.5) is 0 Å². The molecule has 0 aliphatic carbocycles. The van der Waals surface area contributed by atoms with E-state index in [2.05, 4.69) is 69.4 Å². The molecule has 0 atom stereocenters. The standard InChI is InChI=1S/C28H33NO4S/c1-19-18-22(11-13-24(19)20-7-9-21(10-8-20)28(2,3)4)33-17-5-6-23-12-14-25(34-23)27(32)29-16-15-26(30)31/h7-14,18H,5-6,15-17H2,1-4H3,(H,29,32)(H,30,31). The average molecular weight is 480 g/mol. The highest BCUT2D eigenvalue weighted by atomic mass is 32.1. The minimum absolute atomic E-state index is 0.0781. The quantitative estimate of drug-likeness (QED) is 0.338. The number of carboxylic acid groups (broad SMARTS) is 1. The molecule has 2 N–H and O–H groups in total. The second kappa shape index (κ2) is 11.3. The van der Waals surface area contributed by atoms with Crippen LogP contribution in [0.2, 0.25) is 0 Å². The van der Waals surface area contributed by atoms with Gasteiger partial charge in [0.25, 0.3) is 5.91 Å². The number of thiophene rings is 1. The van der Waals surface area contributed by atoms with Crippen molar-refractivity contribution in [2.75, 3.05) is 13.2 Å². The molecule has 1 amide bonds. The Kier molecular flexibility index (Phi) is 8.51. The summed E-state index contributed by atoms with van der Waals surface area (Å²) >= 11 is 1.44. The summed E-state index contributed by atoms with van der Waals surface area (Å²) in [5.74, 6) is -0.290. The summed E-state index contributed by atoms with van der Waals surface area (Å²) < 4.78 is 5.96. The van der Waals surface area contributed by atoms with Crippen LogP contribution in [-0.2, 0) is 16.6 Å². The van der Waals surface area contributed by atoms with E-state index in [1.54, 1.807) is 6.07 Å². The minimum atomic E-state index is -0.924. The summed E-state index contributed by atoms with van der Waals surface area (Å²) in [7, 11) is 0. The molecule has 0 bridgehead atoms. The SMILES string of the molecule is Cc1cc(OCCCc2ccc(C(=O)NCCC(=O)O)s2)ccc1-c1ccc(C(C)(C)C)cc1. The molecular formula is C28H33NO4S. The van der Waals surface area contributed by atoms with Gasteiger partial charge < -0.3 is 15.2 Å². The number of ether oxygens (including phenoxy) is 1. The van der Waals surface area contributed by atoms with Gasteiger partial charge >= 0.3 is 5.97 Å². The molecule has 5 nitrogen and oxygen atoms in total. The van der Waals surface area contributed by atoms with Gasteiger partial charge in [-0.15, -0.1) is 11.3 Å². The molecule has 0 aliphatic heterocycles. The van der Waals surface area contributed by atoms with Gasteiger partial charge in [0.1, 0.15) is 5.75 Å². The monoisotopic (exact) mass is 479 g/mol. The Morgan fingerprint density at radius 2 is 1.76 bits per heavy atom. The minimum Gasteiger partial charge on any atom is -0.494 e. The predicted octanol–water partition coefficient (Wildman–Crippen LogP) is 6.24. The second-order valence-corrected chi connectivity index (χ2v) is 10.6. The number of hydrogen-bond acceptors (Lipinski definition) is 4. The number of nitrogens with one attached hydrogen (secondary N) is 1. The molecule has 6 heteroatoms. The van der Waals surface area contributed by atoms with Crippen LogP contribution in [0.3, 0.4) is 0 Å². The van der Waals surface area contributed by atoms with Crippen LogP contribution in [0.15, 0.2) is 54.6 Å². The van der Waals surface area contributed by atoms with Gasteiger partial charge in [-0.05, 0) is 71.7 Å². The van der Waals surface area contributed by atoms with Crippen LogP contribution in [0.25, 0.3) is 11.1 Å². The first-order chi connectivity index (χ1) is 16.1. The van der Waals surface area contributed by atoms with Crippen molar-refractivity contribution in [3.05, 3.63) is 75.5 Å². The highest BCUT2D eigenvalue weighted by Gasteiger charge is 2.14. The molecule has 0 spiro atoms. The molecule has 0 saturated carbocycles. The van der Waals surface area contributed by atoms with Gasteiger partial charge in [0.05, 0.1) is 17.9 Å². The lowest BCUT2D eigenvalue weighted by Crippen LogP contribution is -2.25. The number of benzene rings is 2. The van der Waals surface area contributed by atoms with Crippen molar-refractivity contribution in [3.63, 3.8) is 0 Å². The van der Waals surface area contributed by atoms with Crippen molar-refractivity contribution in [2.45, 2.75) is 52.4 Å². The first kappa shape index (κ1) is 25.5. The fourth-order valence-electron chi connectivity index (χ4n) is 3.64. The lowest BCUT2D eigenvalue weighted by Gasteiger charge is -2.19. The van der Waals surface area contributed by atoms with Gasteiger partial charge in [0, 0.05) is 11.4 Å². The summed E-state index contributed by atoms with van der Waals surface area (Å²) in [5, 5.41) is 11.3. The molecule has 0 saturated heterocycles. The maximum absolute atomic E-state index is 12.1. The van der Waals surface area contributed by atoms with Crippen molar-refractivity contribution >= 4 is 23.2 Å². The fraction of sp³-hybridized carbons (Fsp3) is 0.357. The lowest BCUT2D eigenvalue weighted by atomic mass is 9.86. The van der Waals surface area contributed by atoms with Gasteiger partial charge in [-0.1, -0.05) is 51.1 Å². The van der Waals surface area contributed by atoms with Crippen LogP contribution in [-0.4, -0.2) is 30.1 Å². The summed E-state index contributed by atoms with van der Waals surface area (Å²) in [5.41, 5.74) is 5.06. The maximum Gasteiger partial charge on any atom is 0.305 e. The number of aliphatic carboxylic acids is 1. The number of aryl methyl sites for hydroxylation is 2. The van der Waals surface area contributed by atoms with E-state index >= 15 is 0 Å². The van der Waals surface area contributed by atoms with E-state index in [1.165, 1.54) is 33.6 Å². The van der Waals surface area contributed by atoms with Crippen LogP contribution in [0.1, 0.15) is 59.3 Å². The third-order valence-corrected chi connectivity index (χ3v) is 6.75. The molecule has 0 unspecified atom stereocenters. The Morgan fingerprint density at radius 1 is 1.03 bits per heavy atom. The second-order valence-electron chi connectivity index (χ2n) is 9.42. The fourth-order valence-corrected chi connectivity index (χ4v) is 4.61. The molecule has 180 valence electrons. The average Bonchev–Trinajstić information content (AvgIpc) is 3.25. The summed E-state index contributed by atoms with van der Waals surface area (Å²) in [6.45, 7) is 9.50. The topological polar surface area (TPSA) is 75.6 Å². The zero-order valence-corrected chi connectivity index (χ0v) is 21.1. The van der Waals surface area contributed by atoms with E-state index in [0.717, 1.165) is 23.5 Å². The smallest absolute Gasteiger partial charge is 0.305 e. The van der Waals surface area contributed by atoms with Crippen molar-refractivity contribution in [1.82, 2.24) is 5.32 Å². The highest BCUT2D eigenvalue weighted by molar-refractivity contribution is 7.14. The van der Waals surface area contributed by atoms with E-state index in [0.29, 0.717) is 11.5 Å². The number of amides is 1. The summed E-state index contributed by atoms with van der Waals surface area (Å²) in [6, 6.07) is 18.7. The normalized spacial score (nSPS) is 11.3. The highest BCUT2D eigenvalue weighted by Crippen LogP contribution is 2.30. The summed E-state index contributed by atoms with van der Waals surface area (Å²) in [6.07, 6.45) is 1.59. The van der Waals surface area contributed by atoms with Crippen LogP contribution < -0.4 is 10.1 Å². The number of carbonyl (C=O) groups is 2. The summed E-state index contributed by atoms with van der Waals surface area (Å²) in [4.78, 5) is 24.3. The first-order valence-electron chi connectivity index (χ1n) is 11.6. The maximum atomic E-state index is 12.1. The number of rotatable bonds is 10. The predicted molar refractivity (Wildman–Crippen MR) is 138 cm³/mol. The lowest BCUT2D eigenvalue weighted by molar-refractivity contribution is -0.136. The number of carbonyl (C=O) groups excluding carboxylic acids is 1. The third kappa shape index (κ3) is 7.19. The molecular weight excluding hydrogens is 446 g/mol. The van der Waals surface area contributed by atoms with Crippen LogP contribution in [0, 0.1) is 6.92 Å². The first-order valence-corrected chi connectivity index (χ1v) is 12.4. The van der Waals surface area contributed by atoms with Gasteiger partial charge in [-0.3, -0.25) is 9.59 Å². The Bertz CT molecular complexity index is 1130. The molecule has 1 heterocycles. The number of carboxylic acids is 1. The van der Waals surface area contributed by atoms with Crippen LogP contribution >= 0.6 is 11.3 Å². The molecule has 0 aliphatic rings. The molecule has 3 rings (SSSR count). The number of hydrogen-bond donors (Lipinski definition) is 2. The third-order valence-electron chi connectivity index (χ3n) is 5.61. The largest absolute Gasteiger partial charge is 0.494 e. The van der Waals surface area contributed by atoms with Gasteiger partial charge in [0.2, 0.25) is 0 Å². The molecule has 0 radical (unpaired) electrons. The molecule has 2 aromatic carbocycles. The molecule has 34 heavy (non-hydrogen) atoms. The van der Waals surface area contributed by atoms with E-state index in [-0.39, 0.29) is 24.3 Å². The molecule has 3 aromatic rings. The van der Waals surface area contributed by atoms with E-state index in [9.17, 15) is 9.59 Å².